The Balaban J connectivity index is -0.000000337. The van der Waals surface area contributed by atoms with Crippen molar-refractivity contribution >= 4 is 11.6 Å². The number of carbonyl (C=O) groups is 1. The van der Waals surface area contributed by atoms with Crippen LogP contribution in [0, 0.1) is 16.4 Å². The number of nitrogens with zero attached hydrogens (tertiary/aromatic N) is 1. The highest BCUT2D eigenvalue weighted by Gasteiger charge is 2.23. The number of hydrogen-bond acceptors (Lipinski definition) is 3. The maximum atomic E-state index is 10.7. The Hall–Kier alpha value is -1.06. The Morgan fingerprint density at radius 3 is 1.82 bits per heavy atom. The summed E-state index contributed by atoms with van der Waals surface area (Å²) in [5, 5.41) is 10.4. The number of Topliss-reactive ketones (excluding diaryl/α,β-unsaturated/α-hetero) is 1. The van der Waals surface area contributed by atoms with Gasteiger partial charge in [-0.15, -0.1) is 5.11 Å². The van der Waals surface area contributed by atoms with Crippen molar-refractivity contribution in [1.29, 1.82) is 10.9 Å². The molecule has 0 aliphatic rings. The average molecular weight is 243 g/mol. The lowest BCUT2D eigenvalue weighted by Crippen LogP contribution is -2.22. The molecule has 17 heavy (non-hydrogen) atoms. The molecule has 0 aliphatic carbocycles. The van der Waals surface area contributed by atoms with Crippen LogP contribution >= 0.6 is 0 Å². The first-order valence-corrected chi connectivity index (χ1v) is 6.27. The van der Waals surface area contributed by atoms with E-state index >= 15 is 0 Å². The maximum Gasteiger partial charge on any atom is 0.148 e. The molecule has 0 aromatic carbocycles. The first kappa shape index (κ1) is 21.2. The first-order valence-electron chi connectivity index (χ1n) is 6.27. The van der Waals surface area contributed by atoms with Gasteiger partial charge in [0.05, 0.1) is 0 Å². The topological polar surface area (TPSA) is 77.1 Å². The third kappa shape index (κ3) is 14.9. The van der Waals surface area contributed by atoms with E-state index in [2.05, 4.69) is 19.0 Å². The second-order valence-electron chi connectivity index (χ2n) is 4.25. The van der Waals surface area contributed by atoms with Gasteiger partial charge < -0.3 is 4.79 Å². The molecule has 102 valence electrons. The quantitative estimate of drug-likeness (QED) is 0.414. The van der Waals surface area contributed by atoms with E-state index in [4.69, 9.17) is 10.9 Å². The van der Waals surface area contributed by atoms with E-state index in [1.165, 1.54) is 13.3 Å². The van der Waals surface area contributed by atoms with Gasteiger partial charge in [0.25, 0.3) is 0 Å². The highest BCUT2D eigenvalue weighted by Crippen LogP contribution is 2.24. The van der Waals surface area contributed by atoms with E-state index in [0.29, 0.717) is 12.8 Å². The number of amidine groups is 1. The molecule has 0 heterocycles. The minimum absolute atomic E-state index is 0.0313. The summed E-state index contributed by atoms with van der Waals surface area (Å²) in [5.74, 6) is 0.143. The smallest absolute Gasteiger partial charge is 0.148 e. The Morgan fingerprint density at radius 1 is 1.24 bits per heavy atom. The summed E-state index contributed by atoms with van der Waals surface area (Å²) in [6.45, 7) is 13.4. The van der Waals surface area contributed by atoms with Crippen LogP contribution in [0.25, 0.3) is 0 Å². The summed E-state index contributed by atoms with van der Waals surface area (Å²) < 4.78 is 0. The highest BCUT2D eigenvalue weighted by molar-refractivity contribution is 5.85. The zero-order chi connectivity index (χ0) is 14.5. The van der Waals surface area contributed by atoms with Crippen LogP contribution in [-0.2, 0) is 4.79 Å². The zero-order valence-electron chi connectivity index (χ0n) is 12.5. The second-order valence-corrected chi connectivity index (χ2v) is 4.25. The molecule has 0 amide bonds. The van der Waals surface area contributed by atoms with Crippen LogP contribution in [-0.4, -0.2) is 11.6 Å². The number of hydrogen-bond donors (Lipinski definition) is 2. The van der Waals surface area contributed by atoms with Crippen LogP contribution in [0.5, 0.6) is 0 Å². The van der Waals surface area contributed by atoms with Crippen LogP contribution in [0.4, 0.5) is 0 Å². The van der Waals surface area contributed by atoms with E-state index in [0.717, 1.165) is 0 Å². The monoisotopic (exact) mass is 243 g/mol. The van der Waals surface area contributed by atoms with Crippen LogP contribution < -0.4 is 0 Å². The highest BCUT2D eigenvalue weighted by atomic mass is 16.1. The predicted molar refractivity (Wildman–Crippen MR) is 73.9 cm³/mol. The van der Waals surface area contributed by atoms with Crippen molar-refractivity contribution in [3.05, 3.63) is 0 Å². The van der Waals surface area contributed by atoms with Crippen LogP contribution in [0.1, 0.15) is 67.7 Å². The van der Waals surface area contributed by atoms with E-state index in [1.54, 1.807) is 0 Å². The fourth-order valence-electron chi connectivity index (χ4n) is 0.758. The minimum Gasteiger partial charge on any atom is -0.300 e. The summed E-state index contributed by atoms with van der Waals surface area (Å²) in [6.07, 6.45) is 2.29. The average Bonchev–Trinajstić information content (AvgIpc) is 2.29. The molecular weight excluding hydrogens is 214 g/mol. The summed E-state index contributed by atoms with van der Waals surface area (Å²) in [6, 6.07) is 0. The van der Waals surface area contributed by atoms with Crippen molar-refractivity contribution in [3.63, 3.8) is 0 Å². The Kier molecular flexibility index (Phi) is 16.3. The van der Waals surface area contributed by atoms with Crippen molar-refractivity contribution < 1.29 is 4.79 Å². The Morgan fingerprint density at radius 2 is 1.59 bits per heavy atom. The van der Waals surface area contributed by atoms with E-state index < -0.39 is 5.41 Å². The molecule has 0 unspecified atom stereocenters. The Bertz CT molecular complexity index is 223. The van der Waals surface area contributed by atoms with Gasteiger partial charge >= 0.3 is 0 Å². The minimum atomic E-state index is -0.451. The molecule has 0 aromatic rings. The fraction of sp³-hybridized carbons (Fsp3) is 0.846. The molecule has 0 radical (unpaired) electrons. The SMILES string of the molecule is CC.CC(=O)CCC(C)(C)C(=N)N=N.CCC. The lowest BCUT2D eigenvalue weighted by atomic mass is 9.86. The number of nitrogens with one attached hydrogen (secondary N) is 2. The van der Waals surface area contributed by atoms with E-state index in [1.807, 2.05) is 27.7 Å². The number of rotatable bonds is 4. The van der Waals surface area contributed by atoms with Crippen molar-refractivity contribution in [2.24, 2.45) is 10.5 Å². The maximum absolute atomic E-state index is 10.7. The first-order chi connectivity index (χ1) is 7.81. The zero-order valence-corrected chi connectivity index (χ0v) is 12.5. The molecule has 0 saturated heterocycles. The molecule has 4 nitrogen and oxygen atoms in total. The van der Waals surface area contributed by atoms with Crippen molar-refractivity contribution in [2.45, 2.75) is 67.7 Å². The van der Waals surface area contributed by atoms with Gasteiger partial charge in [0.2, 0.25) is 0 Å². The standard InChI is InChI=1S/C8H15N3O.C3H8.C2H6/c1-6(12)4-5-8(2,3)7(9)11-10;1-3-2;1-2/h9-10H,4-5H2,1-3H3;3H2,1-2H3;1-2H3. The molecular formula is C13H29N3O. The lowest BCUT2D eigenvalue weighted by molar-refractivity contribution is -0.117. The van der Waals surface area contributed by atoms with Crippen molar-refractivity contribution in [2.75, 3.05) is 0 Å². The summed E-state index contributed by atoms with van der Waals surface area (Å²) >= 11 is 0. The van der Waals surface area contributed by atoms with Gasteiger partial charge in [-0.05, 0) is 13.3 Å². The van der Waals surface area contributed by atoms with Crippen molar-refractivity contribution in [1.82, 2.24) is 0 Å². The van der Waals surface area contributed by atoms with Crippen LogP contribution in [0.15, 0.2) is 5.11 Å². The molecule has 0 spiro atoms. The molecule has 0 aromatic heterocycles. The van der Waals surface area contributed by atoms with Crippen LogP contribution in [0.3, 0.4) is 0 Å². The molecule has 0 aliphatic heterocycles. The van der Waals surface area contributed by atoms with Gasteiger partial charge in [-0.1, -0.05) is 48.0 Å². The third-order valence-electron chi connectivity index (χ3n) is 1.85. The lowest BCUT2D eigenvalue weighted by Gasteiger charge is -2.20. The molecule has 0 saturated carbocycles. The molecule has 4 heteroatoms. The van der Waals surface area contributed by atoms with Gasteiger partial charge in [0.15, 0.2) is 0 Å². The second kappa shape index (κ2) is 13.0. The Labute approximate surface area is 106 Å². The fourth-order valence-corrected chi connectivity index (χ4v) is 0.758. The van der Waals surface area contributed by atoms with Crippen molar-refractivity contribution in [3.8, 4) is 0 Å². The number of ketones is 1. The summed E-state index contributed by atoms with van der Waals surface area (Å²) in [5.41, 5.74) is 6.21. The van der Waals surface area contributed by atoms with Gasteiger partial charge in [-0.2, -0.15) is 0 Å². The molecule has 2 N–H and O–H groups in total. The molecule has 0 fully saturated rings. The van der Waals surface area contributed by atoms with E-state index in [-0.39, 0.29) is 11.6 Å². The van der Waals surface area contributed by atoms with Gasteiger partial charge in [0.1, 0.15) is 11.6 Å². The van der Waals surface area contributed by atoms with Gasteiger partial charge in [0, 0.05) is 11.8 Å². The normalized spacial score (nSPS) is 9.12. The predicted octanol–water partition coefficient (Wildman–Crippen LogP) is 4.83. The van der Waals surface area contributed by atoms with Gasteiger partial charge in [-0.3, -0.25) is 5.41 Å². The van der Waals surface area contributed by atoms with Crippen LogP contribution in [0.2, 0.25) is 0 Å². The summed E-state index contributed by atoms with van der Waals surface area (Å²) in [4.78, 5) is 10.7. The third-order valence-corrected chi connectivity index (χ3v) is 1.85. The largest absolute Gasteiger partial charge is 0.300 e. The van der Waals surface area contributed by atoms with E-state index in [9.17, 15) is 4.79 Å². The molecule has 0 atom stereocenters. The number of carbonyl (C=O) groups excluding carboxylic acids is 1. The van der Waals surface area contributed by atoms with Gasteiger partial charge in [-0.25, -0.2) is 5.53 Å². The summed E-state index contributed by atoms with van der Waals surface area (Å²) in [7, 11) is 0. The molecule has 0 rings (SSSR count). The molecule has 0 bridgehead atoms.